The van der Waals surface area contributed by atoms with Crippen molar-refractivity contribution in [1.82, 2.24) is 4.31 Å². The van der Waals surface area contributed by atoms with Crippen LogP contribution in [0.5, 0.6) is 0 Å². The fraction of sp³-hybridized carbons (Fsp3) is 0.458. The maximum Gasteiger partial charge on any atom is 0.255 e. The monoisotopic (exact) mass is 441 g/mol. The first-order valence-corrected chi connectivity index (χ1v) is 12.8. The fourth-order valence-electron chi connectivity index (χ4n) is 4.61. The van der Waals surface area contributed by atoms with Crippen molar-refractivity contribution in [3.8, 4) is 0 Å². The quantitative estimate of drug-likeness (QED) is 0.771. The van der Waals surface area contributed by atoms with Crippen LogP contribution in [0, 0.1) is 5.92 Å². The lowest BCUT2D eigenvalue weighted by atomic mass is 9.91. The minimum atomic E-state index is -3.09. The van der Waals surface area contributed by atoms with Crippen LogP contribution in [0.2, 0.25) is 0 Å². The third-order valence-corrected chi connectivity index (χ3v) is 7.78. The standard InChI is InChI=1S/C24H31N3O3S/c1-26-13-3-4-20-9-10-22(17-23(20)26)25-24(28)21-7-5-18(6-8-21)16-19-11-14-27(15-12-19)31(2,29)30/h5-10,17,19H,3-4,11-16H2,1-2H3,(H,25,28). The van der Waals surface area contributed by atoms with Gasteiger partial charge < -0.3 is 10.2 Å². The largest absolute Gasteiger partial charge is 0.374 e. The summed E-state index contributed by atoms with van der Waals surface area (Å²) in [5, 5.41) is 3.02. The molecule has 1 amide bonds. The average molecular weight is 442 g/mol. The summed E-state index contributed by atoms with van der Waals surface area (Å²) in [5.74, 6) is 0.372. The van der Waals surface area contributed by atoms with Gasteiger partial charge in [0.1, 0.15) is 0 Å². The predicted octanol–water partition coefficient (Wildman–Crippen LogP) is 3.54. The van der Waals surface area contributed by atoms with E-state index in [0.29, 0.717) is 24.6 Å². The molecule has 4 rings (SSSR count). The summed E-state index contributed by atoms with van der Waals surface area (Å²) < 4.78 is 24.9. The molecule has 0 spiro atoms. The number of nitrogens with zero attached hydrogens (tertiary/aromatic N) is 2. The molecular formula is C24H31N3O3S. The Morgan fingerprint density at radius 2 is 1.77 bits per heavy atom. The zero-order valence-electron chi connectivity index (χ0n) is 18.3. The van der Waals surface area contributed by atoms with E-state index in [2.05, 4.69) is 29.4 Å². The second-order valence-electron chi connectivity index (χ2n) is 8.83. The number of hydrogen-bond donors (Lipinski definition) is 1. The molecule has 0 unspecified atom stereocenters. The molecule has 31 heavy (non-hydrogen) atoms. The van der Waals surface area contributed by atoms with Crippen molar-refractivity contribution in [3.05, 3.63) is 59.2 Å². The Hall–Kier alpha value is -2.38. The molecule has 0 atom stereocenters. The zero-order chi connectivity index (χ0) is 22.0. The summed E-state index contributed by atoms with van der Waals surface area (Å²) in [7, 11) is -0.995. The number of sulfonamides is 1. The maximum absolute atomic E-state index is 12.7. The molecule has 7 heteroatoms. The highest BCUT2D eigenvalue weighted by Gasteiger charge is 2.25. The Morgan fingerprint density at radius 1 is 1.06 bits per heavy atom. The molecule has 0 aromatic heterocycles. The smallest absolute Gasteiger partial charge is 0.255 e. The van der Waals surface area contributed by atoms with E-state index in [-0.39, 0.29) is 5.91 Å². The van der Waals surface area contributed by atoms with Crippen LogP contribution in [-0.2, 0) is 22.9 Å². The lowest BCUT2D eigenvalue weighted by molar-refractivity contribution is 0.102. The number of benzene rings is 2. The van der Waals surface area contributed by atoms with E-state index in [1.165, 1.54) is 29.5 Å². The van der Waals surface area contributed by atoms with Gasteiger partial charge in [-0.25, -0.2) is 12.7 Å². The Morgan fingerprint density at radius 3 is 2.45 bits per heavy atom. The van der Waals surface area contributed by atoms with Gasteiger partial charge in [0, 0.05) is 43.6 Å². The second-order valence-corrected chi connectivity index (χ2v) is 10.8. The molecule has 166 valence electrons. The van der Waals surface area contributed by atoms with E-state index >= 15 is 0 Å². The van der Waals surface area contributed by atoms with E-state index in [1.807, 2.05) is 30.3 Å². The molecule has 1 saturated heterocycles. The maximum atomic E-state index is 12.7. The second kappa shape index (κ2) is 9.01. The SMILES string of the molecule is CN1CCCc2ccc(NC(=O)c3ccc(CC4CCN(S(C)(=O)=O)CC4)cc3)cc21. The van der Waals surface area contributed by atoms with Gasteiger partial charge >= 0.3 is 0 Å². The minimum absolute atomic E-state index is 0.105. The van der Waals surface area contributed by atoms with Gasteiger partial charge in [0.05, 0.1) is 6.26 Å². The van der Waals surface area contributed by atoms with Crippen LogP contribution in [0.25, 0.3) is 0 Å². The molecule has 0 aliphatic carbocycles. The van der Waals surface area contributed by atoms with Crippen molar-refractivity contribution in [2.45, 2.75) is 32.1 Å². The van der Waals surface area contributed by atoms with E-state index < -0.39 is 10.0 Å². The predicted molar refractivity (Wildman–Crippen MR) is 125 cm³/mol. The minimum Gasteiger partial charge on any atom is -0.374 e. The number of aryl methyl sites for hydroxylation is 1. The van der Waals surface area contributed by atoms with Gasteiger partial charge in [-0.1, -0.05) is 18.2 Å². The Bertz CT molecular complexity index is 1040. The van der Waals surface area contributed by atoms with Crippen molar-refractivity contribution in [2.75, 3.05) is 43.2 Å². The third-order valence-electron chi connectivity index (χ3n) is 6.48. The van der Waals surface area contributed by atoms with E-state index in [0.717, 1.165) is 37.9 Å². The van der Waals surface area contributed by atoms with E-state index in [9.17, 15) is 13.2 Å². The molecule has 0 bridgehead atoms. The van der Waals surface area contributed by atoms with Crippen molar-refractivity contribution < 1.29 is 13.2 Å². The van der Waals surface area contributed by atoms with Crippen LogP contribution in [0.4, 0.5) is 11.4 Å². The molecule has 2 aliphatic heterocycles. The highest BCUT2D eigenvalue weighted by atomic mass is 32.2. The summed E-state index contributed by atoms with van der Waals surface area (Å²) in [6.07, 6.45) is 6.20. The normalized spacial score (nSPS) is 17.9. The number of hydrogen-bond acceptors (Lipinski definition) is 4. The first kappa shape index (κ1) is 21.8. The van der Waals surface area contributed by atoms with Crippen molar-refractivity contribution in [1.29, 1.82) is 0 Å². The summed E-state index contributed by atoms with van der Waals surface area (Å²) >= 11 is 0. The molecular weight excluding hydrogens is 410 g/mol. The molecule has 2 heterocycles. The topological polar surface area (TPSA) is 69.7 Å². The number of piperidine rings is 1. The number of nitrogens with one attached hydrogen (secondary N) is 1. The van der Waals surface area contributed by atoms with Crippen LogP contribution < -0.4 is 10.2 Å². The number of rotatable bonds is 5. The first-order chi connectivity index (χ1) is 14.8. The molecule has 0 saturated carbocycles. The van der Waals surface area contributed by atoms with Gasteiger partial charge in [-0.2, -0.15) is 0 Å². The van der Waals surface area contributed by atoms with Crippen LogP contribution >= 0.6 is 0 Å². The van der Waals surface area contributed by atoms with Gasteiger partial charge in [0.25, 0.3) is 5.91 Å². The van der Waals surface area contributed by atoms with Crippen molar-refractivity contribution >= 4 is 27.3 Å². The molecule has 2 aromatic carbocycles. The molecule has 0 radical (unpaired) electrons. The number of fused-ring (bicyclic) bond motifs is 1. The molecule has 2 aliphatic rings. The molecule has 1 fully saturated rings. The Balaban J connectivity index is 1.34. The van der Waals surface area contributed by atoms with Crippen LogP contribution in [0.3, 0.4) is 0 Å². The fourth-order valence-corrected chi connectivity index (χ4v) is 5.48. The Labute approximate surface area is 185 Å². The van der Waals surface area contributed by atoms with Gasteiger partial charge in [-0.15, -0.1) is 0 Å². The summed E-state index contributed by atoms with van der Waals surface area (Å²) in [4.78, 5) is 14.9. The van der Waals surface area contributed by atoms with Gasteiger partial charge in [0.15, 0.2) is 0 Å². The third kappa shape index (κ3) is 5.28. The zero-order valence-corrected chi connectivity index (χ0v) is 19.1. The van der Waals surface area contributed by atoms with Crippen LogP contribution in [-0.4, -0.2) is 51.6 Å². The van der Waals surface area contributed by atoms with Crippen molar-refractivity contribution in [2.24, 2.45) is 5.92 Å². The highest BCUT2D eigenvalue weighted by Crippen LogP contribution is 2.29. The summed E-state index contributed by atoms with van der Waals surface area (Å²) in [6, 6.07) is 13.9. The van der Waals surface area contributed by atoms with Gasteiger partial charge in [-0.3, -0.25) is 4.79 Å². The summed E-state index contributed by atoms with van der Waals surface area (Å²) in [5.41, 5.74) is 5.17. The van der Waals surface area contributed by atoms with Crippen LogP contribution in [0.15, 0.2) is 42.5 Å². The molecule has 2 aromatic rings. The number of carbonyl (C=O) groups is 1. The number of amides is 1. The summed E-state index contributed by atoms with van der Waals surface area (Å²) in [6.45, 7) is 2.24. The number of anilines is 2. The average Bonchev–Trinajstić information content (AvgIpc) is 2.74. The lowest BCUT2D eigenvalue weighted by Gasteiger charge is -2.30. The number of carbonyl (C=O) groups excluding carboxylic acids is 1. The first-order valence-electron chi connectivity index (χ1n) is 11.0. The van der Waals surface area contributed by atoms with E-state index in [1.54, 1.807) is 4.31 Å². The molecule has 1 N–H and O–H groups in total. The van der Waals surface area contributed by atoms with Gasteiger partial charge in [0.2, 0.25) is 10.0 Å². The molecule has 6 nitrogen and oxygen atoms in total. The Kier molecular flexibility index (Phi) is 6.34. The van der Waals surface area contributed by atoms with Gasteiger partial charge in [-0.05, 0) is 73.4 Å². The van der Waals surface area contributed by atoms with E-state index in [4.69, 9.17) is 0 Å². The lowest BCUT2D eigenvalue weighted by Crippen LogP contribution is -2.38. The van der Waals surface area contributed by atoms with Crippen LogP contribution in [0.1, 0.15) is 40.7 Å². The van der Waals surface area contributed by atoms with Crippen molar-refractivity contribution in [3.63, 3.8) is 0 Å². The highest BCUT2D eigenvalue weighted by molar-refractivity contribution is 7.88.